The second kappa shape index (κ2) is 9.81. The van der Waals surface area contributed by atoms with E-state index < -0.39 is 0 Å². The molecule has 0 N–H and O–H groups in total. The predicted molar refractivity (Wildman–Crippen MR) is 104 cm³/mol. The Morgan fingerprint density at radius 2 is 0.778 bits per heavy atom. The van der Waals surface area contributed by atoms with Crippen LogP contribution in [0.1, 0.15) is 38.5 Å². The van der Waals surface area contributed by atoms with Gasteiger partial charge in [-0.25, -0.2) is 0 Å². The molecule has 0 spiro atoms. The molecule has 6 atom stereocenters. The van der Waals surface area contributed by atoms with Crippen LogP contribution in [0.15, 0.2) is 0 Å². The van der Waals surface area contributed by atoms with E-state index >= 15 is 0 Å². The second-order valence-corrected chi connectivity index (χ2v) is 11.4. The van der Waals surface area contributed by atoms with Gasteiger partial charge in [0.25, 0.3) is 0 Å². The third-order valence-electron chi connectivity index (χ3n) is 3.31. The largest absolute Gasteiger partial charge is 0.0878 e. The summed E-state index contributed by atoms with van der Waals surface area (Å²) in [4.78, 5) is 2.70. The molecule has 0 heterocycles. The molecule has 0 aliphatic heterocycles. The summed E-state index contributed by atoms with van der Waals surface area (Å²) in [7, 11) is 0. The molecule has 1 aliphatic rings. The standard InChI is InChI=1S/C12H18Br6/c13-7-5-3-1-2-4-6-8(14)10(16)12(18)11(17)9(7)15/h7-12H,1-6H2/t7-,8+,9+,10-,11-,12-/m0/s1. The summed E-state index contributed by atoms with van der Waals surface area (Å²) in [5.74, 6) is 0. The van der Waals surface area contributed by atoms with Crippen molar-refractivity contribution < 1.29 is 0 Å². The van der Waals surface area contributed by atoms with Gasteiger partial charge < -0.3 is 0 Å². The fraction of sp³-hybridized carbons (Fsp3) is 1.00. The first-order valence-corrected chi connectivity index (χ1v) is 11.8. The van der Waals surface area contributed by atoms with Gasteiger partial charge in [-0.3, -0.25) is 0 Å². The Morgan fingerprint density at radius 3 is 1.11 bits per heavy atom. The molecule has 0 aromatic heterocycles. The lowest BCUT2D eigenvalue weighted by molar-refractivity contribution is 0.549. The Kier molecular flexibility index (Phi) is 10.3. The maximum absolute atomic E-state index is 3.84. The highest BCUT2D eigenvalue weighted by Gasteiger charge is 2.35. The number of rotatable bonds is 0. The maximum atomic E-state index is 3.84. The zero-order valence-corrected chi connectivity index (χ0v) is 19.5. The first kappa shape index (κ1) is 18.9. The Morgan fingerprint density at radius 1 is 0.444 bits per heavy atom. The Hall–Kier alpha value is 2.88. The van der Waals surface area contributed by atoms with Gasteiger partial charge in [0.15, 0.2) is 0 Å². The van der Waals surface area contributed by atoms with Gasteiger partial charge >= 0.3 is 0 Å². The number of alkyl halides is 6. The molecular weight excluding hydrogens is 624 g/mol. The van der Waals surface area contributed by atoms with Gasteiger partial charge in [0.1, 0.15) is 0 Å². The van der Waals surface area contributed by atoms with Crippen LogP contribution in [0.3, 0.4) is 0 Å². The van der Waals surface area contributed by atoms with Gasteiger partial charge in [-0.1, -0.05) is 121 Å². The molecule has 1 saturated carbocycles. The summed E-state index contributed by atoms with van der Waals surface area (Å²) >= 11 is 23.0. The lowest BCUT2D eigenvalue weighted by atomic mass is 10.0. The highest BCUT2D eigenvalue weighted by Crippen LogP contribution is 2.37. The van der Waals surface area contributed by atoms with Crippen LogP contribution < -0.4 is 0 Å². The van der Waals surface area contributed by atoms with E-state index in [-0.39, 0.29) is 0 Å². The molecule has 0 bridgehead atoms. The lowest BCUT2D eigenvalue weighted by Gasteiger charge is -2.31. The summed E-state index contributed by atoms with van der Waals surface area (Å²) in [6.07, 6.45) is 7.80. The van der Waals surface area contributed by atoms with Crippen molar-refractivity contribution in [2.45, 2.75) is 67.5 Å². The number of hydrogen-bond donors (Lipinski definition) is 0. The van der Waals surface area contributed by atoms with Crippen LogP contribution in [0.2, 0.25) is 0 Å². The topological polar surface area (TPSA) is 0 Å². The second-order valence-electron chi connectivity index (χ2n) is 4.80. The molecule has 18 heavy (non-hydrogen) atoms. The van der Waals surface area contributed by atoms with Crippen LogP contribution in [-0.2, 0) is 0 Å². The van der Waals surface area contributed by atoms with Gasteiger partial charge in [0.05, 0.1) is 0 Å². The van der Waals surface area contributed by atoms with Gasteiger partial charge in [-0.15, -0.1) is 0 Å². The monoisotopic (exact) mass is 636 g/mol. The number of halogens is 6. The molecule has 6 heteroatoms. The van der Waals surface area contributed by atoms with Crippen molar-refractivity contribution in [2.75, 3.05) is 0 Å². The molecule has 0 amide bonds. The van der Waals surface area contributed by atoms with Crippen molar-refractivity contribution in [1.29, 1.82) is 0 Å². The minimum atomic E-state index is 0.394. The average molecular weight is 642 g/mol. The third-order valence-corrected chi connectivity index (χ3v) is 13.6. The Balaban J connectivity index is 2.71. The van der Waals surface area contributed by atoms with E-state index in [2.05, 4.69) is 95.6 Å². The normalized spacial score (nSPS) is 45.0. The van der Waals surface area contributed by atoms with E-state index in [0.717, 1.165) is 0 Å². The lowest BCUT2D eigenvalue weighted by Crippen LogP contribution is -2.39. The van der Waals surface area contributed by atoms with E-state index in [0.29, 0.717) is 29.0 Å². The van der Waals surface area contributed by atoms with E-state index in [1.807, 2.05) is 0 Å². The van der Waals surface area contributed by atoms with Crippen molar-refractivity contribution in [3.8, 4) is 0 Å². The fourth-order valence-electron chi connectivity index (χ4n) is 2.10. The first-order chi connectivity index (χ1) is 8.45. The SMILES string of the molecule is Br[C@@H]1[C@@H](Br)[C@H](Br)[C@@H](Br)CCCCCC[C@@H](Br)[C@@H]1Br. The maximum Gasteiger partial charge on any atom is 0.0418 e. The van der Waals surface area contributed by atoms with E-state index in [9.17, 15) is 0 Å². The fourth-order valence-corrected chi connectivity index (χ4v) is 7.63. The zero-order valence-electron chi connectivity index (χ0n) is 9.97. The molecule has 0 aromatic rings. The molecular formula is C12H18Br6. The zero-order chi connectivity index (χ0) is 13.7. The summed E-state index contributed by atoms with van der Waals surface area (Å²) in [5, 5.41) is 0. The summed E-state index contributed by atoms with van der Waals surface area (Å²) in [5.41, 5.74) is 0. The van der Waals surface area contributed by atoms with Gasteiger partial charge in [0, 0.05) is 29.0 Å². The quantitative estimate of drug-likeness (QED) is 0.252. The predicted octanol–water partition coefficient (Wildman–Crippen LogP) is 6.92. The third kappa shape index (κ3) is 5.94. The van der Waals surface area contributed by atoms with E-state index in [4.69, 9.17) is 0 Å². The summed E-state index contributed by atoms with van der Waals surface area (Å²) in [6.45, 7) is 0. The van der Waals surface area contributed by atoms with Crippen LogP contribution in [-0.4, -0.2) is 29.0 Å². The molecule has 1 fully saturated rings. The van der Waals surface area contributed by atoms with E-state index in [1.54, 1.807) is 0 Å². The molecule has 0 nitrogen and oxygen atoms in total. The summed E-state index contributed by atoms with van der Waals surface area (Å²) < 4.78 is 0. The van der Waals surface area contributed by atoms with Crippen molar-refractivity contribution in [2.24, 2.45) is 0 Å². The van der Waals surface area contributed by atoms with Crippen molar-refractivity contribution in [1.82, 2.24) is 0 Å². The Labute approximate surface area is 161 Å². The van der Waals surface area contributed by atoms with Crippen LogP contribution >= 0.6 is 95.6 Å². The number of hydrogen-bond acceptors (Lipinski definition) is 0. The van der Waals surface area contributed by atoms with Crippen molar-refractivity contribution >= 4 is 95.6 Å². The van der Waals surface area contributed by atoms with E-state index in [1.165, 1.54) is 38.5 Å². The smallest absolute Gasteiger partial charge is 0.0418 e. The molecule has 0 unspecified atom stereocenters. The highest BCUT2D eigenvalue weighted by molar-refractivity contribution is 9.15. The molecule has 108 valence electrons. The van der Waals surface area contributed by atoms with Gasteiger partial charge in [-0.05, 0) is 12.8 Å². The van der Waals surface area contributed by atoms with Gasteiger partial charge in [0.2, 0.25) is 0 Å². The molecule has 1 aliphatic carbocycles. The van der Waals surface area contributed by atoms with Gasteiger partial charge in [-0.2, -0.15) is 0 Å². The van der Waals surface area contributed by atoms with Crippen LogP contribution in [0.25, 0.3) is 0 Å². The van der Waals surface area contributed by atoms with Crippen molar-refractivity contribution in [3.63, 3.8) is 0 Å². The molecule has 0 saturated heterocycles. The van der Waals surface area contributed by atoms with Crippen molar-refractivity contribution in [3.05, 3.63) is 0 Å². The first-order valence-electron chi connectivity index (χ1n) is 6.29. The molecule has 0 aromatic carbocycles. The highest BCUT2D eigenvalue weighted by atomic mass is 79.9. The van der Waals surface area contributed by atoms with Crippen LogP contribution in [0, 0.1) is 0 Å². The molecule has 1 rings (SSSR count). The average Bonchev–Trinajstić information content (AvgIpc) is 2.37. The summed E-state index contributed by atoms with van der Waals surface area (Å²) in [6, 6.07) is 0. The minimum absolute atomic E-state index is 0.394. The minimum Gasteiger partial charge on any atom is -0.0878 e. The Bertz CT molecular complexity index is 213. The molecule has 0 radical (unpaired) electrons. The van der Waals surface area contributed by atoms with Crippen LogP contribution in [0.4, 0.5) is 0 Å². The van der Waals surface area contributed by atoms with Crippen LogP contribution in [0.5, 0.6) is 0 Å².